The van der Waals surface area contributed by atoms with Crippen molar-refractivity contribution in [3.63, 3.8) is 0 Å². The first kappa shape index (κ1) is 13.1. The van der Waals surface area contributed by atoms with Crippen molar-refractivity contribution in [2.75, 3.05) is 18.0 Å². The van der Waals surface area contributed by atoms with Crippen molar-refractivity contribution in [1.82, 2.24) is 4.98 Å². The van der Waals surface area contributed by atoms with E-state index in [1.165, 1.54) is 41.5 Å². The van der Waals surface area contributed by atoms with Gasteiger partial charge in [-0.1, -0.05) is 0 Å². The number of piperidine rings is 1. The number of hydrogen-bond donors (Lipinski definition) is 0. The summed E-state index contributed by atoms with van der Waals surface area (Å²) in [5.74, 6) is 0. The van der Waals surface area contributed by atoms with E-state index < -0.39 is 0 Å². The maximum absolute atomic E-state index is 5.80. The van der Waals surface area contributed by atoms with Gasteiger partial charge in [0, 0.05) is 0 Å². The summed E-state index contributed by atoms with van der Waals surface area (Å²) in [6.45, 7) is 9.43. The van der Waals surface area contributed by atoms with E-state index in [-0.39, 0.29) is 5.60 Å². The van der Waals surface area contributed by atoms with Crippen LogP contribution in [0.2, 0.25) is 0 Å². The third-order valence-corrected chi connectivity index (χ3v) is 4.98. The second-order valence-electron chi connectivity index (χ2n) is 5.56. The predicted molar refractivity (Wildman–Crippen MR) is 71.8 cm³/mol. The summed E-state index contributed by atoms with van der Waals surface area (Å²) in [5.41, 5.74) is -0.0508. The van der Waals surface area contributed by atoms with Crippen LogP contribution in [0.3, 0.4) is 0 Å². The molecule has 0 unspecified atom stereocenters. The molecular weight excluding hydrogens is 279 g/mol. The molecule has 1 fully saturated rings. The minimum atomic E-state index is -0.0508. The minimum absolute atomic E-state index is 0.0508. The quantitative estimate of drug-likeness (QED) is 0.802. The summed E-state index contributed by atoms with van der Waals surface area (Å²) in [7, 11) is 0. The van der Waals surface area contributed by atoms with E-state index in [0.717, 1.165) is 6.61 Å². The Morgan fingerprint density at radius 1 is 1.29 bits per heavy atom. The Bertz CT molecular complexity index is 351. The van der Waals surface area contributed by atoms with Gasteiger partial charge < -0.3 is 0 Å². The molecule has 0 amide bonds. The van der Waals surface area contributed by atoms with Crippen molar-refractivity contribution in [3.05, 3.63) is 10.6 Å². The van der Waals surface area contributed by atoms with Crippen LogP contribution in [0.1, 0.15) is 44.5 Å². The fourth-order valence-corrected chi connectivity index (χ4v) is 3.72. The number of rotatable bonds is 3. The molecule has 0 spiro atoms. The summed E-state index contributed by atoms with van der Waals surface area (Å²) in [5, 5.41) is 0. The average molecular weight is 301 g/mol. The molecule has 0 saturated carbocycles. The fourth-order valence-electron chi connectivity index (χ4n) is 1.88. The van der Waals surface area contributed by atoms with Crippen LogP contribution < -0.4 is 4.90 Å². The molecule has 96 valence electrons. The van der Waals surface area contributed by atoms with Crippen molar-refractivity contribution in [3.8, 4) is 0 Å². The van der Waals surface area contributed by atoms with Gasteiger partial charge in [0.1, 0.15) is 0 Å². The molecule has 0 aliphatic carbocycles. The Balaban J connectivity index is 1.91. The van der Waals surface area contributed by atoms with Crippen molar-refractivity contribution < 1.29 is 4.74 Å². The molecule has 0 atom stereocenters. The zero-order chi connectivity index (χ0) is 12.3. The fraction of sp³-hybridized carbons (Fsp3) is 0.769. The van der Waals surface area contributed by atoms with Gasteiger partial charge in [0.15, 0.2) is 0 Å². The number of aromatic nitrogens is 1. The summed E-state index contributed by atoms with van der Waals surface area (Å²) in [6.07, 6.45) is 6.05. The third-order valence-electron chi connectivity index (χ3n) is 2.82. The van der Waals surface area contributed by atoms with E-state index in [2.05, 4.69) is 30.7 Å². The van der Waals surface area contributed by atoms with E-state index in [4.69, 9.17) is 4.74 Å². The Hall–Kier alpha value is -0.311. The van der Waals surface area contributed by atoms with E-state index in [1.54, 1.807) is 0 Å². The molecule has 1 aliphatic rings. The van der Waals surface area contributed by atoms with Crippen molar-refractivity contribution in [1.29, 1.82) is 0 Å². The molecular formula is C13H22N2OSe. The van der Waals surface area contributed by atoms with Crippen LogP contribution in [0.5, 0.6) is 0 Å². The van der Waals surface area contributed by atoms with Gasteiger partial charge in [-0.2, -0.15) is 0 Å². The summed E-state index contributed by atoms with van der Waals surface area (Å²) >= 11 is 0.391. The van der Waals surface area contributed by atoms with Crippen LogP contribution in [0, 0.1) is 0 Å². The maximum atomic E-state index is 5.80. The molecule has 1 saturated heterocycles. The van der Waals surface area contributed by atoms with E-state index in [9.17, 15) is 0 Å². The zero-order valence-corrected chi connectivity index (χ0v) is 12.7. The molecule has 0 bridgehead atoms. The van der Waals surface area contributed by atoms with E-state index in [1.807, 2.05) is 6.20 Å². The number of ether oxygens (including phenoxy) is 1. The number of hydrogen-bond acceptors (Lipinski definition) is 3. The summed E-state index contributed by atoms with van der Waals surface area (Å²) in [4.78, 5) is 7.03. The Labute approximate surface area is 110 Å². The van der Waals surface area contributed by atoms with Gasteiger partial charge in [-0.3, -0.25) is 0 Å². The first-order valence-corrected chi connectivity index (χ1v) is 8.09. The second kappa shape index (κ2) is 5.55. The van der Waals surface area contributed by atoms with Crippen molar-refractivity contribution in [2.24, 2.45) is 0 Å². The molecule has 1 aliphatic heterocycles. The number of anilines is 1. The van der Waals surface area contributed by atoms with Crippen molar-refractivity contribution >= 4 is 19.2 Å². The first-order valence-electron chi connectivity index (χ1n) is 6.38. The summed E-state index contributed by atoms with van der Waals surface area (Å²) < 4.78 is 8.48. The first-order chi connectivity index (χ1) is 8.04. The van der Waals surface area contributed by atoms with Crippen LogP contribution in [-0.4, -0.2) is 38.2 Å². The van der Waals surface area contributed by atoms with E-state index in [0.29, 0.717) is 14.5 Å². The van der Waals surface area contributed by atoms with Gasteiger partial charge in [-0.05, 0) is 0 Å². The van der Waals surface area contributed by atoms with Gasteiger partial charge >= 0.3 is 110 Å². The Morgan fingerprint density at radius 2 is 2.00 bits per heavy atom. The molecule has 0 radical (unpaired) electrons. The number of nitrogens with zero attached hydrogens (tertiary/aromatic N) is 2. The average Bonchev–Trinajstić information content (AvgIpc) is 2.75. The molecule has 1 aromatic heterocycles. The summed E-state index contributed by atoms with van der Waals surface area (Å²) in [6, 6.07) is 0. The van der Waals surface area contributed by atoms with Crippen LogP contribution in [0.25, 0.3) is 0 Å². The molecule has 0 aromatic carbocycles. The van der Waals surface area contributed by atoms with Gasteiger partial charge in [0.2, 0.25) is 0 Å². The molecule has 17 heavy (non-hydrogen) atoms. The normalized spacial score (nSPS) is 17.5. The standard InChI is InChI=1S/C13H22N2OSe/c1-13(2,3)16-10-11-9-14-12(17-11)15-7-5-4-6-8-15/h9H,4-8,10H2,1-3H3. The molecule has 2 rings (SSSR count). The van der Waals surface area contributed by atoms with Gasteiger partial charge in [-0.25, -0.2) is 0 Å². The molecule has 0 N–H and O–H groups in total. The topological polar surface area (TPSA) is 25.4 Å². The monoisotopic (exact) mass is 302 g/mol. The van der Waals surface area contributed by atoms with E-state index >= 15 is 0 Å². The van der Waals surface area contributed by atoms with Gasteiger partial charge in [0.25, 0.3) is 0 Å². The van der Waals surface area contributed by atoms with Crippen LogP contribution in [0.15, 0.2) is 6.20 Å². The molecule has 1 aromatic rings. The van der Waals surface area contributed by atoms with Crippen molar-refractivity contribution in [2.45, 2.75) is 52.2 Å². The van der Waals surface area contributed by atoms with Crippen LogP contribution in [-0.2, 0) is 11.3 Å². The van der Waals surface area contributed by atoms with Crippen LogP contribution >= 0.6 is 0 Å². The molecule has 3 nitrogen and oxygen atoms in total. The predicted octanol–water partition coefficient (Wildman–Crippen LogP) is 2.44. The molecule has 4 heteroatoms. The van der Waals surface area contributed by atoms with Gasteiger partial charge in [0.05, 0.1) is 0 Å². The molecule has 2 heterocycles. The zero-order valence-electron chi connectivity index (χ0n) is 11.0. The third kappa shape index (κ3) is 4.13. The Kier molecular flexibility index (Phi) is 4.29. The SMILES string of the molecule is CC(C)(C)OCc1cnc(N2CCCCC2)[se]1. The second-order valence-corrected chi connectivity index (χ2v) is 7.85. The van der Waals surface area contributed by atoms with Crippen LogP contribution in [0.4, 0.5) is 4.69 Å². The van der Waals surface area contributed by atoms with Gasteiger partial charge in [-0.15, -0.1) is 0 Å². The Morgan fingerprint density at radius 3 is 2.65 bits per heavy atom.